The number of nitrogens with one attached hydrogen (secondary N) is 1. The van der Waals surface area contributed by atoms with Crippen molar-refractivity contribution in [3.8, 4) is 5.75 Å². The van der Waals surface area contributed by atoms with E-state index in [-0.39, 0.29) is 18.0 Å². The van der Waals surface area contributed by atoms with Crippen LogP contribution < -0.4 is 10.1 Å². The van der Waals surface area contributed by atoms with Gasteiger partial charge < -0.3 is 14.8 Å². The first kappa shape index (κ1) is 23.7. The third-order valence-corrected chi connectivity index (χ3v) is 7.66. The van der Waals surface area contributed by atoms with Gasteiger partial charge in [-0.25, -0.2) is 13.2 Å². The number of hydrogen-bond acceptors (Lipinski definition) is 7. The Bertz CT molecular complexity index is 1220. The topological polar surface area (TPSA) is 102 Å². The Balaban J connectivity index is 1.72. The van der Waals surface area contributed by atoms with Crippen LogP contribution in [-0.2, 0) is 19.6 Å². The van der Waals surface area contributed by atoms with Crippen LogP contribution in [0.1, 0.15) is 23.5 Å². The van der Waals surface area contributed by atoms with Crippen molar-refractivity contribution in [3.05, 3.63) is 53.4 Å². The fourth-order valence-corrected chi connectivity index (χ4v) is 5.44. The van der Waals surface area contributed by atoms with Crippen LogP contribution in [0.3, 0.4) is 0 Å². The Hall–Kier alpha value is -2.95. The Labute approximate surface area is 190 Å². The molecule has 0 atom stereocenters. The highest BCUT2D eigenvalue weighted by Gasteiger charge is 2.25. The van der Waals surface area contributed by atoms with E-state index in [1.807, 2.05) is 6.92 Å². The number of esters is 1. The average Bonchev–Trinajstić information content (AvgIpc) is 3.21. The molecule has 3 rings (SSSR count). The Morgan fingerprint density at radius 2 is 1.78 bits per heavy atom. The van der Waals surface area contributed by atoms with E-state index in [1.165, 1.54) is 30.6 Å². The quantitative estimate of drug-likeness (QED) is 0.472. The Morgan fingerprint density at radius 1 is 1.06 bits per heavy atom. The molecule has 1 aromatic heterocycles. The predicted molar refractivity (Wildman–Crippen MR) is 124 cm³/mol. The van der Waals surface area contributed by atoms with E-state index in [0.29, 0.717) is 22.9 Å². The molecule has 0 saturated heterocycles. The second-order valence-corrected chi connectivity index (χ2v) is 9.76. The van der Waals surface area contributed by atoms with Gasteiger partial charge in [-0.15, -0.1) is 11.3 Å². The Kier molecular flexibility index (Phi) is 7.49. The maximum atomic E-state index is 13.0. The zero-order valence-corrected chi connectivity index (χ0v) is 19.6. The fraction of sp³-hybridized carbons (Fsp3) is 0.273. The summed E-state index contributed by atoms with van der Waals surface area (Å²) in [6, 6.07) is 13.0. The van der Waals surface area contributed by atoms with Gasteiger partial charge in [0.25, 0.3) is 0 Å². The molecule has 32 heavy (non-hydrogen) atoms. The van der Waals surface area contributed by atoms with Gasteiger partial charge in [0.15, 0.2) is 0 Å². The lowest BCUT2D eigenvalue weighted by atomic mass is 10.2. The normalized spacial score (nSPS) is 11.5. The number of likely N-dealkylation sites (N-methyl/N-ethyl adjacent to an activating group) is 1. The molecule has 0 fully saturated rings. The summed E-state index contributed by atoms with van der Waals surface area (Å²) < 4.78 is 38.0. The van der Waals surface area contributed by atoms with Gasteiger partial charge in [-0.1, -0.05) is 6.92 Å². The number of benzene rings is 2. The highest BCUT2D eigenvalue weighted by Crippen LogP contribution is 2.28. The third-order valence-electron chi connectivity index (χ3n) is 4.63. The van der Waals surface area contributed by atoms with Crippen molar-refractivity contribution in [1.82, 2.24) is 4.31 Å². The third kappa shape index (κ3) is 5.26. The van der Waals surface area contributed by atoms with Gasteiger partial charge >= 0.3 is 5.97 Å². The van der Waals surface area contributed by atoms with Crippen molar-refractivity contribution in [3.63, 3.8) is 0 Å². The molecule has 1 N–H and O–H groups in total. The summed E-state index contributed by atoms with van der Waals surface area (Å²) in [5.74, 6) is -0.314. The number of thiophene rings is 1. The van der Waals surface area contributed by atoms with Gasteiger partial charge in [-0.2, -0.15) is 4.31 Å². The van der Waals surface area contributed by atoms with Crippen molar-refractivity contribution in [2.75, 3.05) is 32.1 Å². The maximum Gasteiger partial charge on any atom is 0.348 e. The first-order valence-electron chi connectivity index (χ1n) is 9.93. The summed E-state index contributed by atoms with van der Waals surface area (Å²) >= 11 is 1.29. The van der Waals surface area contributed by atoms with Gasteiger partial charge in [0.05, 0.1) is 25.2 Å². The summed E-state index contributed by atoms with van der Waals surface area (Å²) in [5.41, 5.74) is 0.506. The van der Waals surface area contributed by atoms with Crippen LogP contribution in [0.5, 0.6) is 5.75 Å². The van der Waals surface area contributed by atoms with E-state index >= 15 is 0 Å². The summed E-state index contributed by atoms with van der Waals surface area (Å²) in [6.07, 6.45) is 0. The largest absolute Gasteiger partial charge is 0.494 e. The molecule has 0 aliphatic rings. The molecule has 1 heterocycles. The van der Waals surface area contributed by atoms with E-state index in [4.69, 9.17) is 9.47 Å². The standard InChI is InChI=1S/C22H24N2O6S2/c1-4-24(32(27,28)18-9-7-17(8-10-18)30-5-2)14-21(25)23-16-6-11-19-15(12-16)13-20(31-19)22(26)29-3/h6-13H,4-5,14H2,1-3H3,(H,23,25). The summed E-state index contributed by atoms with van der Waals surface area (Å²) in [7, 11) is -2.53. The van der Waals surface area contributed by atoms with Crippen LogP contribution in [0.15, 0.2) is 53.4 Å². The lowest BCUT2D eigenvalue weighted by Crippen LogP contribution is -2.37. The molecule has 2 aromatic carbocycles. The van der Waals surface area contributed by atoms with E-state index in [0.717, 1.165) is 14.4 Å². The lowest BCUT2D eigenvalue weighted by Gasteiger charge is -2.20. The first-order chi connectivity index (χ1) is 15.3. The molecule has 170 valence electrons. The van der Waals surface area contributed by atoms with Gasteiger partial charge in [-0.3, -0.25) is 4.79 Å². The summed E-state index contributed by atoms with van der Waals surface area (Å²) in [6.45, 7) is 3.80. The van der Waals surface area contributed by atoms with Crippen molar-refractivity contribution in [1.29, 1.82) is 0 Å². The molecule has 0 unspecified atom stereocenters. The molecule has 0 saturated carbocycles. The number of anilines is 1. The minimum Gasteiger partial charge on any atom is -0.494 e. The van der Waals surface area contributed by atoms with Gasteiger partial charge in [0.2, 0.25) is 15.9 Å². The van der Waals surface area contributed by atoms with Gasteiger partial charge in [-0.05, 0) is 60.8 Å². The average molecular weight is 477 g/mol. The number of carbonyl (C=O) groups is 2. The van der Waals surface area contributed by atoms with E-state index in [9.17, 15) is 18.0 Å². The van der Waals surface area contributed by atoms with Crippen LogP contribution in [0.2, 0.25) is 0 Å². The van der Waals surface area contributed by atoms with Crippen LogP contribution in [-0.4, -0.2) is 51.4 Å². The molecular formula is C22H24N2O6S2. The molecule has 10 heteroatoms. The Morgan fingerprint density at radius 3 is 2.41 bits per heavy atom. The highest BCUT2D eigenvalue weighted by molar-refractivity contribution is 7.89. The van der Waals surface area contributed by atoms with E-state index in [1.54, 1.807) is 43.3 Å². The molecule has 0 bridgehead atoms. The minimum atomic E-state index is -3.85. The van der Waals surface area contributed by atoms with E-state index in [2.05, 4.69) is 5.32 Å². The minimum absolute atomic E-state index is 0.0886. The lowest BCUT2D eigenvalue weighted by molar-refractivity contribution is -0.116. The zero-order chi connectivity index (χ0) is 23.3. The number of fused-ring (bicyclic) bond motifs is 1. The zero-order valence-electron chi connectivity index (χ0n) is 18.0. The van der Waals surface area contributed by atoms with Gasteiger partial charge in [0.1, 0.15) is 10.6 Å². The number of hydrogen-bond donors (Lipinski definition) is 1. The van der Waals surface area contributed by atoms with Gasteiger partial charge in [0, 0.05) is 16.9 Å². The number of amides is 1. The number of sulfonamides is 1. The second kappa shape index (κ2) is 10.1. The number of carbonyl (C=O) groups excluding carboxylic acids is 2. The predicted octanol–water partition coefficient (Wildman–Crippen LogP) is 3.74. The molecule has 0 aliphatic carbocycles. The van der Waals surface area contributed by atoms with Crippen LogP contribution in [0.4, 0.5) is 5.69 Å². The molecule has 0 radical (unpaired) electrons. The fourth-order valence-electron chi connectivity index (χ4n) is 3.07. The SMILES string of the molecule is CCOc1ccc(S(=O)(=O)N(CC)CC(=O)Nc2ccc3sc(C(=O)OC)cc3c2)cc1. The highest BCUT2D eigenvalue weighted by atomic mass is 32.2. The monoisotopic (exact) mass is 476 g/mol. The molecule has 0 spiro atoms. The van der Waals surface area contributed by atoms with Crippen molar-refractivity contribution < 1.29 is 27.5 Å². The van der Waals surface area contributed by atoms with Crippen LogP contribution >= 0.6 is 11.3 Å². The van der Waals surface area contributed by atoms with Crippen molar-refractivity contribution in [2.45, 2.75) is 18.7 Å². The molecular weight excluding hydrogens is 452 g/mol. The molecule has 3 aromatic rings. The second-order valence-electron chi connectivity index (χ2n) is 6.74. The number of methoxy groups -OCH3 is 1. The summed E-state index contributed by atoms with van der Waals surface area (Å²) in [5, 5.41) is 3.50. The molecule has 8 nitrogen and oxygen atoms in total. The molecule has 1 amide bonds. The van der Waals surface area contributed by atoms with Crippen molar-refractivity contribution >= 4 is 49.0 Å². The maximum absolute atomic E-state index is 13.0. The molecule has 0 aliphatic heterocycles. The first-order valence-corrected chi connectivity index (χ1v) is 12.2. The number of nitrogens with zero attached hydrogens (tertiary/aromatic N) is 1. The number of ether oxygens (including phenoxy) is 2. The van der Waals surface area contributed by atoms with Crippen LogP contribution in [0.25, 0.3) is 10.1 Å². The summed E-state index contributed by atoms with van der Waals surface area (Å²) in [4.78, 5) is 24.8. The number of rotatable bonds is 9. The smallest absolute Gasteiger partial charge is 0.348 e. The van der Waals surface area contributed by atoms with E-state index < -0.39 is 21.9 Å². The van der Waals surface area contributed by atoms with Crippen LogP contribution in [0, 0.1) is 0 Å². The van der Waals surface area contributed by atoms with Crippen molar-refractivity contribution in [2.24, 2.45) is 0 Å².